The molecule has 106 valence electrons. The largest absolute Gasteiger partial charge is 0.493 e. The second-order valence-corrected chi connectivity index (χ2v) is 3.85. The first-order valence-corrected chi connectivity index (χ1v) is 5.92. The molecule has 0 aliphatic rings. The van der Waals surface area contributed by atoms with Crippen molar-refractivity contribution in [2.75, 3.05) is 38.8 Å². The Morgan fingerprint density at radius 3 is 2.89 bits per heavy atom. The van der Waals surface area contributed by atoms with Crippen molar-refractivity contribution in [3.05, 3.63) is 18.3 Å². The Labute approximate surface area is 112 Å². The van der Waals surface area contributed by atoms with Crippen LogP contribution in [0.5, 0.6) is 5.75 Å². The minimum absolute atomic E-state index is 0.178. The third-order valence-electron chi connectivity index (χ3n) is 2.60. The molecule has 0 saturated carbocycles. The zero-order chi connectivity index (χ0) is 14.1. The van der Waals surface area contributed by atoms with Gasteiger partial charge in [-0.2, -0.15) is 0 Å². The summed E-state index contributed by atoms with van der Waals surface area (Å²) >= 11 is 0. The highest BCUT2D eigenvalue weighted by atomic mass is 16.5. The highest BCUT2D eigenvalue weighted by molar-refractivity contribution is 5.80. The van der Waals surface area contributed by atoms with Crippen LogP contribution < -0.4 is 15.4 Å². The molecular formula is C12H20N4O3. The van der Waals surface area contributed by atoms with Gasteiger partial charge in [0, 0.05) is 32.8 Å². The number of methoxy groups -OCH3 is 2. The van der Waals surface area contributed by atoms with Gasteiger partial charge in [0.25, 0.3) is 0 Å². The summed E-state index contributed by atoms with van der Waals surface area (Å²) in [5.74, 6) is 1.57. The number of aromatic nitrogens is 1. The Bertz CT molecular complexity index is 412. The maximum Gasteiger partial charge on any atom is 0.171 e. The van der Waals surface area contributed by atoms with Crippen molar-refractivity contribution in [2.45, 2.75) is 6.42 Å². The first-order chi connectivity index (χ1) is 9.22. The Morgan fingerprint density at radius 2 is 2.26 bits per heavy atom. The highest BCUT2D eigenvalue weighted by Gasteiger charge is 2.13. The van der Waals surface area contributed by atoms with Crippen molar-refractivity contribution >= 4 is 11.7 Å². The number of nitrogens with zero attached hydrogens (tertiary/aromatic N) is 3. The molecule has 0 atom stereocenters. The summed E-state index contributed by atoms with van der Waals surface area (Å²) in [5.41, 5.74) is 5.49. The minimum Gasteiger partial charge on any atom is -0.493 e. The molecule has 0 spiro atoms. The van der Waals surface area contributed by atoms with Crippen LogP contribution in [0.2, 0.25) is 0 Å². The topological polar surface area (TPSA) is 93.2 Å². The first kappa shape index (κ1) is 15.0. The summed E-state index contributed by atoms with van der Waals surface area (Å²) in [6.45, 7) is 1.76. The molecule has 0 aromatic carbocycles. The van der Waals surface area contributed by atoms with E-state index >= 15 is 0 Å². The van der Waals surface area contributed by atoms with E-state index in [-0.39, 0.29) is 5.84 Å². The van der Waals surface area contributed by atoms with Gasteiger partial charge in [0.15, 0.2) is 11.6 Å². The van der Waals surface area contributed by atoms with Crippen molar-refractivity contribution in [3.63, 3.8) is 0 Å². The van der Waals surface area contributed by atoms with Crippen LogP contribution in [0.4, 0.5) is 5.82 Å². The summed E-state index contributed by atoms with van der Waals surface area (Å²) in [6, 6.07) is 3.64. The van der Waals surface area contributed by atoms with Crippen molar-refractivity contribution in [1.82, 2.24) is 4.98 Å². The number of rotatable bonds is 8. The lowest BCUT2D eigenvalue weighted by Gasteiger charge is -2.24. The number of amidine groups is 1. The van der Waals surface area contributed by atoms with Crippen molar-refractivity contribution in [3.8, 4) is 5.75 Å². The fourth-order valence-electron chi connectivity index (χ4n) is 1.60. The van der Waals surface area contributed by atoms with E-state index in [0.29, 0.717) is 37.7 Å². The van der Waals surface area contributed by atoms with Crippen LogP contribution in [0.3, 0.4) is 0 Å². The number of oxime groups is 1. The molecule has 0 aliphatic heterocycles. The van der Waals surface area contributed by atoms with E-state index in [2.05, 4.69) is 10.1 Å². The van der Waals surface area contributed by atoms with Gasteiger partial charge in [-0.1, -0.05) is 5.16 Å². The zero-order valence-corrected chi connectivity index (χ0v) is 11.2. The van der Waals surface area contributed by atoms with E-state index in [4.69, 9.17) is 20.4 Å². The average molecular weight is 268 g/mol. The molecule has 0 fully saturated rings. The molecular weight excluding hydrogens is 248 g/mol. The normalized spacial score (nSPS) is 11.4. The summed E-state index contributed by atoms with van der Waals surface area (Å²) < 4.78 is 10.4. The number of pyridine rings is 1. The van der Waals surface area contributed by atoms with Gasteiger partial charge in [-0.25, -0.2) is 4.98 Å². The number of nitrogens with two attached hydrogens (primary N) is 1. The van der Waals surface area contributed by atoms with Crippen LogP contribution in [-0.4, -0.2) is 49.9 Å². The van der Waals surface area contributed by atoms with Crippen LogP contribution in [0, 0.1) is 0 Å². The van der Waals surface area contributed by atoms with Crippen molar-refractivity contribution in [1.29, 1.82) is 0 Å². The fourth-order valence-corrected chi connectivity index (χ4v) is 1.60. The quantitative estimate of drug-likeness (QED) is 0.312. The molecule has 0 radical (unpaired) electrons. The van der Waals surface area contributed by atoms with E-state index in [1.165, 1.54) is 0 Å². The van der Waals surface area contributed by atoms with Gasteiger partial charge in [-0.05, 0) is 12.1 Å². The van der Waals surface area contributed by atoms with E-state index in [9.17, 15) is 0 Å². The van der Waals surface area contributed by atoms with Gasteiger partial charge in [0.05, 0.1) is 13.7 Å². The molecule has 1 aromatic rings. The SMILES string of the molecule is COCCN(CC/C(N)=N/O)c1ncccc1OC. The van der Waals surface area contributed by atoms with Gasteiger partial charge in [0.2, 0.25) is 0 Å². The maximum atomic E-state index is 8.57. The smallest absolute Gasteiger partial charge is 0.171 e. The molecule has 1 aromatic heterocycles. The van der Waals surface area contributed by atoms with E-state index in [0.717, 1.165) is 0 Å². The molecule has 19 heavy (non-hydrogen) atoms. The van der Waals surface area contributed by atoms with Gasteiger partial charge in [-0.15, -0.1) is 0 Å². The van der Waals surface area contributed by atoms with Crippen LogP contribution >= 0.6 is 0 Å². The van der Waals surface area contributed by atoms with Gasteiger partial charge in [-0.3, -0.25) is 0 Å². The van der Waals surface area contributed by atoms with E-state index in [1.54, 1.807) is 26.5 Å². The molecule has 1 heterocycles. The number of ether oxygens (including phenoxy) is 2. The first-order valence-electron chi connectivity index (χ1n) is 5.92. The number of anilines is 1. The third-order valence-corrected chi connectivity index (χ3v) is 2.60. The summed E-state index contributed by atoms with van der Waals surface area (Å²) in [4.78, 5) is 6.28. The molecule has 0 saturated heterocycles. The lowest BCUT2D eigenvalue weighted by atomic mass is 10.3. The molecule has 3 N–H and O–H groups in total. The summed E-state index contributed by atoms with van der Waals surface area (Å²) in [7, 11) is 3.23. The maximum absolute atomic E-state index is 8.57. The lowest BCUT2D eigenvalue weighted by Crippen LogP contribution is -2.32. The van der Waals surface area contributed by atoms with Crippen molar-refractivity contribution < 1.29 is 14.7 Å². The number of hydrogen-bond acceptors (Lipinski definition) is 6. The van der Waals surface area contributed by atoms with E-state index < -0.39 is 0 Å². The second kappa shape index (κ2) is 8.15. The predicted molar refractivity (Wildman–Crippen MR) is 72.9 cm³/mol. The van der Waals surface area contributed by atoms with Crippen LogP contribution in [0.25, 0.3) is 0 Å². The molecule has 0 amide bonds. The summed E-state index contributed by atoms with van der Waals surface area (Å²) in [5, 5.41) is 11.5. The molecule has 0 aliphatic carbocycles. The van der Waals surface area contributed by atoms with Crippen molar-refractivity contribution in [2.24, 2.45) is 10.9 Å². The Balaban J connectivity index is 2.82. The Morgan fingerprint density at radius 1 is 1.47 bits per heavy atom. The zero-order valence-electron chi connectivity index (χ0n) is 11.2. The van der Waals surface area contributed by atoms with Gasteiger partial charge in [0.1, 0.15) is 5.84 Å². The molecule has 0 unspecified atom stereocenters. The highest BCUT2D eigenvalue weighted by Crippen LogP contribution is 2.24. The van der Waals surface area contributed by atoms with Crippen LogP contribution in [0.1, 0.15) is 6.42 Å². The van der Waals surface area contributed by atoms with Gasteiger partial charge >= 0.3 is 0 Å². The predicted octanol–water partition coefficient (Wildman–Crippen LogP) is 0.680. The molecule has 7 nitrogen and oxygen atoms in total. The Kier molecular flexibility index (Phi) is 6.45. The lowest BCUT2D eigenvalue weighted by molar-refractivity contribution is 0.205. The standard InChI is InChI=1S/C12H20N4O3/c1-18-9-8-16(7-5-11(13)15-17)12-10(19-2)4-3-6-14-12/h3-4,6,17H,5,7-9H2,1-2H3,(H2,13,15). The third kappa shape index (κ3) is 4.63. The van der Waals surface area contributed by atoms with E-state index in [1.807, 2.05) is 11.0 Å². The molecule has 1 rings (SSSR count). The monoisotopic (exact) mass is 268 g/mol. The Hall–Kier alpha value is -2.02. The number of hydrogen-bond donors (Lipinski definition) is 2. The minimum atomic E-state index is 0.178. The summed E-state index contributed by atoms with van der Waals surface area (Å²) in [6.07, 6.45) is 2.13. The van der Waals surface area contributed by atoms with Gasteiger partial charge < -0.3 is 25.3 Å². The molecule has 0 bridgehead atoms. The second-order valence-electron chi connectivity index (χ2n) is 3.85. The average Bonchev–Trinajstić information content (AvgIpc) is 2.47. The van der Waals surface area contributed by atoms with Crippen LogP contribution in [0.15, 0.2) is 23.5 Å². The van der Waals surface area contributed by atoms with Crippen LogP contribution in [-0.2, 0) is 4.74 Å². The molecule has 7 heteroatoms. The fraction of sp³-hybridized carbons (Fsp3) is 0.500.